The number of hydrogen-bond acceptors (Lipinski definition) is 4. The first-order valence-electron chi connectivity index (χ1n) is 8.85. The monoisotopic (exact) mass is 368 g/mol. The van der Waals surface area contributed by atoms with Crippen LogP contribution in [0.2, 0.25) is 0 Å². The summed E-state index contributed by atoms with van der Waals surface area (Å²) in [4.78, 5) is 25.2. The molecule has 0 bridgehead atoms. The number of nitrogens with zero attached hydrogens (tertiary/aromatic N) is 3. The molecule has 0 atom stereocenters. The predicted octanol–water partition coefficient (Wildman–Crippen LogP) is 3.91. The zero-order valence-electron chi connectivity index (χ0n) is 15.1. The van der Waals surface area contributed by atoms with Crippen molar-refractivity contribution in [2.24, 2.45) is 0 Å². The van der Waals surface area contributed by atoms with Crippen molar-refractivity contribution < 1.29 is 4.74 Å². The maximum Gasteiger partial charge on any atom is 0.276 e. The van der Waals surface area contributed by atoms with E-state index in [4.69, 9.17) is 9.72 Å². The number of aromatic amines is 1. The number of nitrogens with one attached hydrogen (secondary N) is 1. The van der Waals surface area contributed by atoms with Gasteiger partial charge in [0.25, 0.3) is 5.56 Å². The van der Waals surface area contributed by atoms with Crippen molar-refractivity contribution in [1.82, 2.24) is 19.4 Å². The summed E-state index contributed by atoms with van der Waals surface area (Å²) in [5.41, 5.74) is 4.50. The van der Waals surface area contributed by atoms with Crippen LogP contribution in [-0.4, -0.2) is 26.5 Å². The minimum absolute atomic E-state index is 0.251. The van der Waals surface area contributed by atoms with E-state index in [1.54, 1.807) is 7.11 Å². The Hall–Kier alpha value is -3.93. The highest BCUT2D eigenvalue weighted by Crippen LogP contribution is 2.31. The summed E-state index contributed by atoms with van der Waals surface area (Å²) >= 11 is 0. The van der Waals surface area contributed by atoms with Gasteiger partial charge in [0.15, 0.2) is 5.69 Å². The van der Waals surface area contributed by atoms with E-state index >= 15 is 0 Å². The zero-order chi connectivity index (χ0) is 19.1. The smallest absolute Gasteiger partial charge is 0.276 e. The van der Waals surface area contributed by atoms with Gasteiger partial charge in [-0.3, -0.25) is 9.20 Å². The number of rotatable bonds is 3. The maximum atomic E-state index is 12.9. The van der Waals surface area contributed by atoms with Crippen molar-refractivity contribution in [3.05, 3.63) is 83.3 Å². The molecule has 3 heterocycles. The Morgan fingerprint density at radius 1 is 0.893 bits per heavy atom. The topological polar surface area (TPSA) is 72.3 Å². The molecule has 0 unspecified atom stereocenters. The molecular formula is C22H16N4O2. The van der Waals surface area contributed by atoms with Crippen LogP contribution in [0.25, 0.3) is 39.3 Å². The van der Waals surface area contributed by atoms with Crippen LogP contribution >= 0.6 is 0 Å². The van der Waals surface area contributed by atoms with Gasteiger partial charge in [-0.15, -0.1) is 0 Å². The lowest BCUT2D eigenvalue weighted by Crippen LogP contribution is -2.13. The third-order valence-electron chi connectivity index (χ3n) is 4.72. The van der Waals surface area contributed by atoms with Gasteiger partial charge < -0.3 is 9.72 Å². The first-order chi connectivity index (χ1) is 13.7. The minimum Gasteiger partial charge on any atom is -0.497 e. The summed E-state index contributed by atoms with van der Waals surface area (Å²) in [6.07, 6.45) is 1.89. The van der Waals surface area contributed by atoms with E-state index in [1.165, 1.54) is 0 Å². The van der Waals surface area contributed by atoms with Crippen LogP contribution in [-0.2, 0) is 0 Å². The second-order valence-electron chi connectivity index (χ2n) is 6.40. The summed E-state index contributed by atoms with van der Waals surface area (Å²) in [5.74, 6) is 0.760. The van der Waals surface area contributed by atoms with Crippen LogP contribution in [0.4, 0.5) is 0 Å². The number of pyridine rings is 1. The number of methoxy groups -OCH3 is 1. The first kappa shape index (κ1) is 16.3. The van der Waals surface area contributed by atoms with Crippen molar-refractivity contribution in [3.63, 3.8) is 0 Å². The Morgan fingerprint density at radius 2 is 1.68 bits per heavy atom. The van der Waals surface area contributed by atoms with Crippen LogP contribution in [0.3, 0.4) is 0 Å². The Balaban J connectivity index is 1.83. The van der Waals surface area contributed by atoms with Gasteiger partial charge in [-0.1, -0.05) is 18.2 Å². The first-order valence-corrected chi connectivity index (χ1v) is 8.85. The molecule has 0 aliphatic heterocycles. The van der Waals surface area contributed by atoms with E-state index < -0.39 is 0 Å². The molecule has 0 saturated heterocycles. The SMILES string of the molecule is COc1ccc(-c2nc3ccccn3c2-c2nc3ccccc3[nH]c2=O)cc1. The fraction of sp³-hybridized carbons (Fsp3) is 0.0455. The van der Waals surface area contributed by atoms with E-state index in [9.17, 15) is 4.79 Å². The molecule has 0 amide bonds. The molecule has 0 aliphatic carbocycles. The van der Waals surface area contributed by atoms with Crippen LogP contribution < -0.4 is 10.3 Å². The lowest BCUT2D eigenvalue weighted by atomic mass is 10.1. The largest absolute Gasteiger partial charge is 0.497 e. The molecule has 2 aromatic carbocycles. The van der Waals surface area contributed by atoms with Gasteiger partial charge in [-0.2, -0.15) is 0 Å². The summed E-state index contributed by atoms with van der Waals surface area (Å²) in [5, 5.41) is 0. The van der Waals surface area contributed by atoms with Gasteiger partial charge in [-0.25, -0.2) is 9.97 Å². The van der Waals surface area contributed by atoms with E-state index in [0.29, 0.717) is 22.6 Å². The highest BCUT2D eigenvalue weighted by Gasteiger charge is 2.20. The van der Waals surface area contributed by atoms with Gasteiger partial charge in [0.2, 0.25) is 0 Å². The van der Waals surface area contributed by atoms with Gasteiger partial charge in [-0.05, 0) is 48.5 Å². The molecule has 6 nitrogen and oxygen atoms in total. The fourth-order valence-electron chi connectivity index (χ4n) is 3.36. The Labute approximate surface area is 160 Å². The molecule has 0 radical (unpaired) electrons. The molecule has 0 spiro atoms. The molecule has 3 aromatic heterocycles. The summed E-state index contributed by atoms with van der Waals surface area (Å²) in [7, 11) is 1.63. The van der Waals surface area contributed by atoms with E-state index in [0.717, 1.165) is 22.5 Å². The van der Waals surface area contributed by atoms with Crippen LogP contribution in [0.5, 0.6) is 5.75 Å². The lowest BCUT2D eigenvalue weighted by Gasteiger charge is -2.06. The van der Waals surface area contributed by atoms with E-state index in [-0.39, 0.29) is 5.56 Å². The van der Waals surface area contributed by atoms with Crippen molar-refractivity contribution in [1.29, 1.82) is 0 Å². The molecule has 136 valence electrons. The van der Waals surface area contributed by atoms with Crippen LogP contribution in [0.15, 0.2) is 77.7 Å². The second-order valence-corrected chi connectivity index (χ2v) is 6.40. The Morgan fingerprint density at radius 3 is 2.50 bits per heavy atom. The number of ether oxygens (including phenoxy) is 1. The third-order valence-corrected chi connectivity index (χ3v) is 4.72. The van der Waals surface area contributed by atoms with Crippen LogP contribution in [0.1, 0.15) is 0 Å². The molecular weight excluding hydrogens is 352 g/mol. The second kappa shape index (κ2) is 6.35. The number of para-hydroxylation sites is 2. The molecule has 1 N–H and O–H groups in total. The average molecular weight is 368 g/mol. The molecule has 0 aliphatic rings. The number of hydrogen-bond donors (Lipinski definition) is 1. The number of benzene rings is 2. The lowest BCUT2D eigenvalue weighted by molar-refractivity contribution is 0.415. The maximum absolute atomic E-state index is 12.9. The van der Waals surface area contributed by atoms with Crippen molar-refractivity contribution >= 4 is 16.7 Å². The highest BCUT2D eigenvalue weighted by molar-refractivity contribution is 5.83. The fourth-order valence-corrected chi connectivity index (χ4v) is 3.36. The molecule has 0 saturated carbocycles. The summed E-state index contributed by atoms with van der Waals surface area (Å²) < 4.78 is 7.15. The quantitative estimate of drug-likeness (QED) is 0.524. The minimum atomic E-state index is -0.251. The number of imidazole rings is 1. The molecule has 0 fully saturated rings. The highest BCUT2D eigenvalue weighted by atomic mass is 16.5. The van der Waals surface area contributed by atoms with Crippen molar-refractivity contribution in [2.75, 3.05) is 7.11 Å². The van der Waals surface area contributed by atoms with Crippen molar-refractivity contribution in [3.8, 4) is 28.4 Å². The normalized spacial score (nSPS) is 11.2. The predicted molar refractivity (Wildman–Crippen MR) is 109 cm³/mol. The molecule has 28 heavy (non-hydrogen) atoms. The standard InChI is InChI=1S/C22H16N4O2/c1-28-15-11-9-14(10-12-15)19-21(26-13-5-4-8-18(26)25-19)20-22(27)24-17-7-3-2-6-16(17)23-20/h2-13H,1H3,(H,24,27). The van der Waals surface area contributed by atoms with Crippen LogP contribution in [0, 0.1) is 0 Å². The van der Waals surface area contributed by atoms with Gasteiger partial charge in [0.05, 0.1) is 23.8 Å². The Bertz CT molecular complexity index is 1370. The molecule has 6 heteroatoms. The van der Waals surface area contributed by atoms with Crippen molar-refractivity contribution in [2.45, 2.75) is 0 Å². The van der Waals surface area contributed by atoms with E-state index in [1.807, 2.05) is 77.3 Å². The molecule has 5 aromatic rings. The number of aromatic nitrogens is 4. The van der Waals surface area contributed by atoms with Gasteiger partial charge in [0, 0.05) is 11.8 Å². The van der Waals surface area contributed by atoms with E-state index in [2.05, 4.69) is 9.97 Å². The van der Waals surface area contributed by atoms with Gasteiger partial charge >= 0.3 is 0 Å². The molecule has 5 rings (SSSR count). The number of fused-ring (bicyclic) bond motifs is 2. The van der Waals surface area contributed by atoms with Gasteiger partial charge in [0.1, 0.15) is 17.1 Å². The number of H-pyrrole nitrogens is 1. The average Bonchev–Trinajstić information content (AvgIpc) is 3.12. The summed E-state index contributed by atoms with van der Waals surface area (Å²) in [6.45, 7) is 0. The zero-order valence-corrected chi connectivity index (χ0v) is 15.1. The third kappa shape index (κ3) is 2.54. The Kier molecular flexibility index (Phi) is 3.69. The summed E-state index contributed by atoms with van der Waals surface area (Å²) in [6, 6.07) is 20.8.